The Morgan fingerprint density at radius 2 is 1.94 bits per heavy atom. The minimum absolute atomic E-state index is 0.144. The summed E-state index contributed by atoms with van der Waals surface area (Å²) >= 11 is 6.91. The number of hydrogen-bond donors (Lipinski definition) is 2. The third-order valence-electron chi connectivity index (χ3n) is 2.43. The maximum Gasteiger partial charge on any atom is 0.135 e. The number of hydrogen-bond acceptors (Lipinski definition) is 3. The molecule has 0 heterocycles. The lowest BCUT2D eigenvalue weighted by Gasteiger charge is -2.23. The van der Waals surface area contributed by atoms with Crippen LogP contribution in [-0.2, 0) is 0 Å². The molecule has 0 aromatic heterocycles. The molecule has 3 nitrogen and oxygen atoms in total. The standard InChI is InChI=1S/C12H17Br2NO2/c1-12(2,7-16)6-15-10-5-11(17-3)9(14)4-8(10)13/h4-5,15-16H,6-7H2,1-3H3. The largest absolute Gasteiger partial charge is 0.495 e. The van der Waals surface area contributed by atoms with E-state index in [9.17, 15) is 5.11 Å². The van der Waals surface area contributed by atoms with E-state index in [1.807, 2.05) is 26.0 Å². The van der Waals surface area contributed by atoms with E-state index in [0.29, 0.717) is 6.54 Å². The monoisotopic (exact) mass is 365 g/mol. The Morgan fingerprint density at radius 3 is 2.47 bits per heavy atom. The van der Waals surface area contributed by atoms with E-state index in [0.717, 1.165) is 20.4 Å². The molecule has 5 heteroatoms. The zero-order valence-corrected chi connectivity index (χ0v) is 13.4. The van der Waals surface area contributed by atoms with E-state index in [2.05, 4.69) is 37.2 Å². The summed E-state index contributed by atoms with van der Waals surface area (Å²) in [6, 6.07) is 3.86. The summed E-state index contributed by atoms with van der Waals surface area (Å²) in [6.07, 6.45) is 0. The second-order valence-corrected chi connectivity index (χ2v) is 6.35. The van der Waals surface area contributed by atoms with Crippen LogP contribution < -0.4 is 10.1 Å². The Labute approximate surface area is 119 Å². The summed E-state index contributed by atoms with van der Waals surface area (Å²) in [6.45, 7) is 4.84. The van der Waals surface area contributed by atoms with Gasteiger partial charge in [-0.15, -0.1) is 0 Å². The molecule has 0 aliphatic rings. The molecule has 1 aromatic carbocycles. The first-order valence-corrected chi connectivity index (χ1v) is 6.86. The van der Waals surface area contributed by atoms with Crippen LogP contribution in [0.5, 0.6) is 5.75 Å². The van der Waals surface area contributed by atoms with Crippen LogP contribution in [-0.4, -0.2) is 25.4 Å². The number of aliphatic hydroxyl groups excluding tert-OH is 1. The van der Waals surface area contributed by atoms with E-state index < -0.39 is 0 Å². The van der Waals surface area contributed by atoms with Crippen LogP contribution in [0.2, 0.25) is 0 Å². The molecule has 0 radical (unpaired) electrons. The number of aliphatic hydroxyl groups is 1. The van der Waals surface area contributed by atoms with Crippen LogP contribution >= 0.6 is 31.9 Å². The van der Waals surface area contributed by atoms with Gasteiger partial charge >= 0.3 is 0 Å². The summed E-state index contributed by atoms with van der Waals surface area (Å²) in [5.41, 5.74) is 0.798. The topological polar surface area (TPSA) is 41.5 Å². The normalized spacial score (nSPS) is 11.4. The molecule has 0 saturated heterocycles. The van der Waals surface area contributed by atoms with Crippen molar-refractivity contribution in [3.05, 3.63) is 21.1 Å². The van der Waals surface area contributed by atoms with Gasteiger partial charge in [-0.1, -0.05) is 13.8 Å². The smallest absolute Gasteiger partial charge is 0.135 e. The molecular weight excluding hydrogens is 350 g/mol. The summed E-state index contributed by atoms with van der Waals surface area (Å²) in [7, 11) is 1.63. The quantitative estimate of drug-likeness (QED) is 0.835. The highest BCUT2D eigenvalue weighted by atomic mass is 79.9. The van der Waals surface area contributed by atoms with E-state index in [1.165, 1.54) is 0 Å². The minimum atomic E-state index is -0.153. The second kappa shape index (κ2) is 6.07. The van der Waals surface area contributed by atoms with E-state index in [-0.39, 0.29) is 12.0 Å². The van der Waals surface area contributed by atoms with Crippen LogP contribution in [0.1, 0.15) is 13.8 Å². The fraction of sp³-hybridized carbons (Fsp3) is 0.500. The molecule has 0 unspecified atom stereocenters. The number of anilines is 1. The molecule has 1 aromatic rings. The second-order valence-electron chi connectivity index (χ2n) is 4.64. The Morgan fingerprint density at radius 1 is 1.29 bits per heavy atom. The van der Waals surface area contributed by atoms with E-state index in [4.69, 9.17) is 4.74 Å². The van der Waals surface area contributed by atoms with Gasteiger partial charge in [-0.25, -0.2) is 0 Å². The first kappa shape index (κ1) is 14.8. The van der Waals surface area contributed by atoms with Gasteiger partial charge in [-0.3, -0.25) is 0 Å². The van der Waals surface area contributed by atoms with Gasteiger partial charge in [0.1, 0.15) is 5.75 Å². The zero-order chi connectivity index (χ0) is 13.1. The SMILES string of the molecule is COc1cc(NCC(C)(C)CO)c(Br)cc1Br. The number of rotatable bonds is 5. The van der Waals surface area contributed by atoms with Crippen molar-refractivity contribution in [2.24, 2.45) is 5.41 Å². The molecule has 96 valence electrons. The van der Waals surface area contributed by atoms with Gasteiger partial charge in [0, 0.05) is 29.1 Å². The molecule has 0 aliphatic carbocycles. The molecule has 0 bridgehead atoms. The average molecular weight is 367 g/mol. The van der Waals surface area contributed by atoms with Gasteiger partial charge in [0.2, 0.25) is 0 Å². The van der Waals surface area contributed by atoms with Crippen molar-refractivity contribution < 1.29 is 9.84 Å². The van der Waals surface area contributed by atoms with Crippen molar-refractivity contribution >= 4 is 37.5 Å². The Hall–Kier alpha value is -0.260. The maximum absolute atomic E-state index is 9.20. The van der Waals surface area contributed by atoms with Crippen molar-refractivity contribution in [2.75, 3.05) is 25.6 Å². The number of ether oxygens (including phenoxy) is 1. The van der Waals surface area contributed by atoms with Gasteiger partial charge < -0.3 is 15.2 Å². The van der Waals surface area contributed by atoms with Crippen LogP contribution in [0.25, 0.3) is 0 Å². The van der Waals surface area contributed by atoms with Crippen molar-refractivity contribution in [1.82, 2.24) is 0 Å². The van der Waals surface area contributed by atoms with Gasteiger partial charge in [0.15, 0.2) is 0 Å². The van der Waals surface area contributed by atoms with Gasteiger partial charge in [0.05, 0.1) is 17.3 Å². The summed E-state index contributed by atoms with van der Waals surface area (Å²) in [5.74, 6) is 0.775. The lowest BCUT2D eigenvalue weighted by Crippen LogP contribution is -2.26. The van der Waals surface area contributed by atoms with Gasteiger partial charge in [0.25, 0.3) is 0 Å². The molecule has 0 amide bonds. The molecule has 2 N–H and O–H groups in total. The predicted octanol–water partition coefficient (Wildman–Crippen LogP) is 3.65. The van der Waals surface area contributed by atoms with Crippen LogP contribution in [0, 0.1) is 5.41 Å². The molecule has 0 aliphatic heterocycles. The maximum atomic E-state index is 9.20. The molecule has 0 fully saturated rings. The molecular formula is C12H17Br2NO2. The fourth-order valence-electron chi connectivity index (χ4n) is 1.21. The van der Waals surface area contributed by atoms with Gasteiger partial charge in [-0.05, 0) is 37.9 Å². The molecule has 1 rings (SSSR count). The fourth-order valence-corrected chi connectivity index (χ4v) is 2.51. The van der Waals surface area contributed by atoms with Crippen LogP contribution in [0.15, 0.2) is 21.1 Å². The predicted molar refractivity (Wildman–Crippen MR) is 77.8 cm³/mol. The molecule has 0 spiro atoms. The first-order chi connectivity index (χ1) is 7.89. The summed E-state index contributed by atoms with van der Waals surface area (Å²) < 4.78 is 7.10. The highest BCUT2D eigenvalue weighted by molar-refractivity contribution is 9.11. The van der Waals surface area contributed by atoms with Crippen LogP contribution in [0.4, 0.5) is 5.69 Å². The van der Waals surface area contributed by atoms with Crippen molar-refractivity contribution in [3.63, 3.8) is 0 Å². The van der Waals surface area contributed by atoms with E-state index >= 15 is 0 Å². The molecule has 17 heavy (non-hydrogen) atoms. The number of nitrogens with one attached hydrogen (secondary N) is 1. The zero-order valence-electron chi connectivity index (χ0n) is 10.2. The lowest BCUT2D eigenvalue weighted by molar-refractivity contribution is 0.171. The van der Waals surface area contributed by atoms with Crippen molar-refractivity contribution in [1.29, 1.82) is 0 Å². The Kier molecular flexibility index (Phi) is 5.28. The summed E-state index contributed by atoms with van der Waals surface area (Å²) in [4.78, 5) is 0. The number of methoxy groups -OCH3 is 1. The molecule has 0 atom stereocenters. The highest BCUT2D eigenvalue weighted by Crippen LogP contribution is 2.34. The van der Waals surface area contributed by atoms with Crippen LogP contribution in [0.3, 0.4) is 0 Å². The lowest BCUT2D eigenvalue weighted by atomic mass is 9.95. The van der Waals surface area contributed by atoms with E-state index in [1.54, 1.807) is 7.11 Å². The van der Waals surface area contributed by atoms with Crippen molar-refractivity contribution in [3.8, 4) is 5.75 Å². The minimum Gasteiger partial charge on any atom is -0.495 e. The Bertz CT molecular complexity index is 394. The van der Waals surface area contributed by atoms with Crippen molar-refractivity contribution in [2.45, 2.75) is 13.8 Å². The average Bonchev–Trinajstić information content (AvgIpc) is 2.28. The third-order valence-corrected chi connectivity index (χ3v) is 3.70. The Balaban J connectivity index is 2.84. The highest BCUT2D eigenvalue weighted by Gasteiger charge is 2.17. The third kappa shape index (κ3) is 4.16. The first-order valence-electron chi connectivity index (χ1n) is 5.27. The number of benzene rings is 1. The number of halogens is 2. The molecule has 0 saturated carbocycles. The van der Waals surface area contributed by atoms with Gasteiger partial charge in [-0.2, -0.15) is 0 Å². The summed E-state index contributed by atoms with van der Waals surface area (Å²) in [5, 5.41) is 12.5.